The normalized spacial score (nSPS) is 18.2. The molecule has 1 fully saturated rings. The molecule has 19 heavy (non-hydrogen) atoms. The van der Waals surface area contributed by atoms with Gasteiger partial charge in [0.1, 0.15) is 0 Å². The molecule has 1 saturated heterocycles. The standard InChI is InChI=1S/C13H24N2O4/c1-3-19-13(17)10-4-6-15(7-5-10)12(16)8-11(9-14)18-2/h10-11H,3-9,14H2,1-2H3. The summed E-state index contributed by atoms with van der Waals surface area (Å²) in [6, 6.07) is 0. The number of likely N-dealkylation sites (tertiary alicyclic amines) is 1. The molecule has 0 aromatic rings. The topological polar surface area (TPSA) is 81.9 Å². The van der Waals surface area contributed by atoms with Gasteiger partial charge in [0.15, 0.2) is 0 Å². The van der Waals surface area contributed by atoms with Crippen LogP contribution in [-0.4, -0.2) is 56.2 Å². The molecule has 0 bridgehead atoms. The Bertz CT molecular complexity index is 297. The van der Waals surface area contributed by atoms with Gasteiger partial charge in [0.05, 0.1) is 25.0 Å². The lowest BCUT2D eigenvalue weighted by molar-refractivity contribution is -0.151. The molecule has 6 heteroatoms. The first-order valence-electron chi connectivity index (χ1n) is 6.79. The second-order valence-corrected chi connectivity index (χ2v) is 4.70. The van der Waals surface area contributed by atoms with Gasteiger partial charge in [0.25, 0.3) is 0 Å². The van der Waals surface area contributed by atoms with Gasteiger partial charge in [0, 0.05) is 26.7 Å². The fourth-order valence-corrected chi connectivity index (χ4v) is 2.21. The maximum Gasteiger partial charge on any atom is 0.309 e. The van der Waals surface area contributed by atoms with Gasteiger partial charge in [-0.1, -0.05) is 0 Å². The molecule has 1 atom stereocenters. The molecular weight excluding hydrogens is 248 g/mol. The Hall–Kier alpha value is -1.14. The van der Waals surface area contributed by atoms with E-state index in [1.807, 2.05) is 0 Å². The van der Waals surface area contributed by atoms with Crippen molar-refractivity contribution in [3.05, 3.63) is 0 Å². The SMILES string of the molecule is CCOC(=O)C1CCN(C(=O)CC(CN)OC)CC1. The summed E-state index contributed by atoms with van der Waals surface area (Å²) in [6.07, 6.45) is 1.42. The van der Waals surface area contributed by atoms with E-state index in [4.69, 9.17) is 15.2 Å². The molecule has 1 amide bonds. The lowest BCUT2D eigenvalue weighted by atomic mass is 9.96. The summed E-state index contributed by atoms with van der Waals surface area (Å²) < 4.78 is 10.1. The number of methoxy groups -OCH3 is 1. The number of nitrogens with zero attached hydrogens (tertiary/aromatic N) is 1. The van der Waals surface area contributed by atoms with Crippen LogP contribution in [0.1, 0.15) is 26.2 Å². The van der Waals surface area contributed by atoms with E-state index in [0.29, 0.717) is 45.5 Å². The van der Waals surface area contributed by atoms with Crippen LogP contribution in [0.3, 0.4) is 0 Å². The minimum atomic E-state index is -0.227. The Kier molecular flexibility index (Phi) is 6.80. The number of carbonyl (C=O) groups is 2. The van der Waals surface area contributed by atoms with Crippen LogP contribution in [0.4, 0.5) is 0 Å². The Morgan fingerprint density at radius 3 is 2.47 bits per heavy atom. The summed E-state index contributed by atoms with van der Waals surface area (Å²) >= 11 is 0. The van der Waals surface area contributed by atoms with E-state index in [-0.39, 0.29) is 23.9 Å². The van der Waals surface area contributed by atoms with Crippen LogP contribution in [0.15, 0.2) is 0 Å². The van der Waals surface area contributed by atoms with Gasteiger partial charge < -0.3 is 20.1 Å². The minimum Gasteiger partial charge on any atom is -0.466 e. The number of esters is 1. The molecule has 2 N–H and O–H groups in total. The van der Waals surface area contributed by atoms with Gasteiger partial charge in [-0.3, -0.25) is 9.59 Å². The predicted octanol–water partition coefficient (Wildman–Crippen LogP) is 0.152. The van der Waals surface area contributed by atoms with Crippen LogP contribution in [-0.2, 0) is 19.1 Å². The number of ether oxygens (including phenoxy) is 2. The van der Waals surface area contributed by atoms with Crippen LogP contribution >= 0.6 is 0 Å². The minimum absolute atomic E-state index is 0.0413. The van der Waals surface area contributed by atoms with Crippen molar-refractivity contribution in [2.75, 3.05) is 33.4 Å². The van der Waals surface area contributed by atoms with Crippen molar-refractivity contribution in [2.45, 2.75) is 32.3 Å². The van der Waals surface area contributed by atoms with E-state index in [2.05, 4.69) is 0 Å². The molecule has 1 rings (SSSR count). The molecule has 1 heterocycles. The first-order chi connectivity index (χ1) is 9.12. The number of amides is 1. The van der Waals surface area contributed by atoms with Crippen molar-refractivity contribution in [2.24, 2.45) is 11.7 Å². The highest BCUT2D eigenvalue weighted by Gasteiger charge is 2.28. The number of hydrogen-bond donors (Lipinski definition) is 1. The van der Waals surface area contributed by atoms with Crippen LogP contribution in [0.2, 0.25) is 0 Å². The summed E-state index contributed by atoms with van der Waals surface area (Å²) in [5, 5.41) is 0. The molecule has 0 spiro atoms. The van der Waals surface area contributed by atoms with E-state index < -0.39 is 0 Å². The average Bonchev–Trinajstić information content (AvgIpc) is 2.45. The molecule has 0 aliphatic carbocycles. The average molecular weight is 272 g/mol. The zero-order chi connectivity index (χ0) is 14.3. The van der Waals surface area contributed by atoms with E-state index >= 15 is 0 Å². The maximum atomic E-state index is 12.0. The third-order valence-electron chi connectivity index (χ3n) is 3.47. The zero-order valence-electron chi connectivity index (χ0n) is 11.8. The monoisotopic (exact) mass is 272 g/mol. The van der Waals surface area contributed by atoms with Gasteiger partial charge in [0.2, 0.25) is 5.91 Å². The van der Waals surface area contributed by atoms with Crippen molar-refractivity contribution in [1.82, 2.24) is 4.90 Å². The van der Waals surface area contributed by atoms with Crippen molar-refractivity contribution < 1.29 is 19.1 Å². The number of rotatable bonds is 6. The Morgan fingerprint density at radius 2 is 2.00 bits per heavy atom. The van der Waals surface area contributed by atoms with Crippen molar-refractivity contribution >= 4 is 11.9 Å². The molecule has 1 aliphatic rings. The quantitative estimate of drug-likeness (QED) is 0.696. The fourth-order valence-electron chi connectivity index (χ4n) is 2.21. The van der Waals surface area contributed by atoms with E-state index in [1.165, 1.54) is 0 Å². The van der Waals surface area contributed by atoms with Gasteiger partial charge in [-0.2, -0.15) is 0 Å². The van der Waals surface area contributed by atoms with Crippen molar-refractivity contribution in [3.8, 4) is 0 Å². The molecule has 1 unspecified atom stereocenters. The highest BCUT2D eigenvalue weighted by atomic mass is 16.5. The summed E-state index contributed by atoms with van der Waals surface area (Å²) in [7, 11) is 1.55. The van der Waals surface area contributed by atoms with Crippen molar-refractivity contribution in [1.29, 1.82) is 0 Å². The molecule has 0 radical (unpaired) electrons. The first kappa shape index (κ1) is 15.9. The molecule has 110 valence electrons. The fraction of sp³-hybridized carbons (Fsp3) is 0.846. The van der Waals surface area contributed by atoms with Crippen LogP contribution in [0.5, 0.6) is 0 Å². The number of piperidine rings is 1. The summed E-state index contributed by atoms with van der Waals surface area (Å²) in [5.74, 6) is -0.178. The molecule has 0 aromatic carbocycles. The second-order valence-electron chi connectivity index (χ2n) is 4.70. The Labute approximate surface area is 114 Å². The lowest BCUT2D eigenvalue weighted by Crippen LogP contribution is -2.42. The third-order valence-corrected chi connectivity index (χ3v) is 3.47. The van der Waals surface area contributed by atoms with Gasteiger partial charge in [-0.15, -0.1) is 0 Å². The number of nitrogens with two attached hydrogens (primary N) is 1. The smallest absolute Gasteiger partial charge is 0.309 e. The molecule has 6 nitrogen and oxygen atoms in total. The highest BCUT2D eigenvalue weighted by molar-refractivity contribution is 5.77. The third kappa shape index (κ3) is 4.80. The summed E-state index contributed by atoms with van der Waals surface area (Å²) in [6.45, 7) is 3.74. The zero-order valence-corrected chi connectivity index (χ0v) is 11.8. The molecule has 0 saturated carbocycles. The molecule has 1 aliphatic heterocycles. The van der Waals surface area contributed by atoms with Crippen molar-refractivity contribution in [3.63, 3.8) is 0 Å². The largest absolute Gasteiger partial charge is 0.466 e. The number of carbonyl (C=O) groups excluding carboxylic acids is 2. The van der Waals surface area contributed by atoms with Gasteiger partial charge in [-0.05, 0) is 19.8 Å². The molecule has 0 aromatic heterocycles. The van der Waals surface area contributed by atoms with Crippen LogP contribution in [0.25, 0.3) is 0 Å². The maximum absolute atomic E-state index is 12.0. The van der Waals surface area contributed by atoms with E-state index in [1.54, 1.807) is 18.9 Å². The summed E-state index contributed by atoms with van der Waals surface area (Å²) in [4.78, 5) is 25.4. The first-order valence-corrected chi connectivity index (χ1v) is 6.79. The van der Waals surface area contributed by atoms with Crippen LogP contribution in [0, 0.1) is 5.92 Å². The number of hydrogen-bond acceptors (Lipinski definition) is 5. The van der Waals surface area contributed by atoms with Gasteiger partial charge >= 0.3 is 5.97 Å². The summed E-state index contributed by atoms with van der Waals surface area (Å²) in [5.41, 5.74) is 5.50. The van der Waals surface area contributed by atoms with E-state index in [0.717, 1.165) is 0 Å². The molecular formula is C13H24N2O4. The van der Waals surface area contributed by atoms with Gasteiger partial charge in [-0.25, -0.2) is 0 Å². The highest BCUT2D eigenvalue weighted by Crippen LogP contribution is 2.19. The predicted molar refractivity (Wildman–Crippen MR) is 70.4 cm³/mol. The second kappa shape index (κ2) is 8.12. The van der Waals surface area contributed by atoms with Crippen LogP contribution < -0.4 is 5.73 Å². The Balaban J connectivity index is 2.36. The van der Waals surface area contributed by atoms with E-state index in [9.17, 15) is 9.59 Å². The Morgan fingerprint density at radius 1 is 1.37 bits per heavy atom. The lowest BCUT2D eigenvalue weighted by Gasteiger charge is -2.31.